The van der Waals surface area contributed by atoms with E-state index in [2.05, 4.69) is 4.98 Å². The topological polar surface area (TPSA) is 53.5 Å². The highest BCUT2D eigenvalue weighted by molar-refractivity contribution is 7.17. The first-order chi connectivity index (χ1) is 14.8. The predicted molar refractivity (Wildman–Crippen MR) is 115 cm³/mol. The maximum absolute atomic E-state index is 13.2. The van der Waals surface area contributed by atoms with E-state index in [1.54, 1.807) is 28.9 Å². The molecule has 4 rings (SSSR count). The lowest BCUT2D eigenvalue weighted by Gasteiger charge is -2.34. The Kier molecular flexibility index (Phi) is 6.02. The van der Waals surface area contributed by atoms with Crippen LogP contribution in [0.2, 0.25) is 5.02 Å². The summed E-state index contributed by atoms with van der Waals surface area (Å²) in [5.41, 5.74) is 1.61. The number of aryl methyl sites for hydroxylation is 1. The lowest BCUT2D eigenvalue weighted by atomic mass is 10.1. The smallest absolute Gasteiger partial charge is 0.265 e. The molecule has 0 atom stereocenters. The van der Waals surface area contributed by atoms with Gasteiger partial charge in [-0.3, -0.25) is 9.59 Å². The molecule has 2 amide bonds. The summed E-state index contributed by atoms with van der Waals surface area (Å²) >= 11 is 7.27. The van der Waals surface area contributed by atoms with Crippen molar-refractivity contribution in [2.24, 2.45) is 0 Å². The minimum absolute atomic E-state index is 0.0668. The molecule has 160 valence electrons. The summed E-state index contributed by atoms with van der Waals surface area (Å²) in [5, 5.41) is 0.720. The molecule has 31 heavy (non-hydrogen) atoms. The van der Waals surface area contributed by atoms with E-state index in [1.165, 1.54) is 35.6 Å². The number of aromatic nitrogens is 1. The van der Waals surface area contributed by atoms with Gasteiger partial charge in [0.15, 0.2) is 0 Å². The molecule has 0 aliphatic carbocycles. The van der Waals surface area contributed by atoms with Gasteiger partial charge in [0, 0.05) is 31.7 Å². The number of piperazine rings is 1. The Morgan fingerprint density at radius 1 is 0.935 bits per heavy atom. The molecule has 3 aromatic rings. The van der Waals surface area contributed by atoms with Crippen LogP contribution in [0.25, 0.3) is 10.6 Å². The third kappa shape index (κ3) is 4.45. The molecular formula is C22H18ClF2N3O2S. The largest absolute Gasteiger partial charge is 0.335 e. The number of halogens is 3. The molecule has 2 heterocycles. The minimum Gasteiger partial charge on any atom is -0.335 e. The number of hydrogen-bond donors (Lipinski definition) is 0. The van der Waals surface area contributed by atoms with E-state index in [-0.39, 0.29) is 28.2 Å². The number of benzene rings is 2. The maximum atomic E-state index is 13.2. The van der Waals surface area contributed by atoms with Crippen LogP contribution >= 0.6 is 22.9 Å². The van der Waals surface area contributed by atoms with Gasteiger partial charge in [-0.2, -0.15) is 0 Å². The van der Waals surface area contributed by atoms with Crippen LogP contribution in [0, 0.1) is 18.6 Å². The van der Waals surface area contributed by atoms with Gasteiger partial charge in [0.1, 0.15) is 21.5 Å². The van der Waals surface area contributed by atoms with Crippen LogP contribution in [-0.4, -0.2) is 52.8 Å². The average molecular weight is 462 g/mol. The molecule has 1 saturated heterocycles. The number of amides is 2. The highest BCUT2D eigenvalue weighted by Crippen LogP contribution is 2.29. The zero-order valence-electron chi connectivity index (χ0n) is 16.6. The van der Waals surface area contributed by atoms with Gasteiger partial charge in [-0.05, 0) is 49.4 Å². The van der Waals surface area contributed by atoms with Gasteiger partial charge in [-0.1, -0.05) is 11.6 Å². The number of carbonyl (C=O) groups is 2. The van der Waals surface area contributed by atoms with E-state index in [0.717, 1.165) is 11.6 Å². The quantitative estimate of drug-likeness (QED) is 0.570. The number of rotatable bonds is 3. The van der Waals surface area contributed by atoms with E-state index in [0.29, 0.717) is 41.8 Å². The van der Waals surface area contributed by atoms with Crippen molar-refractivity contribution >= 4 is 34.8 Å². The van der Waals surface area contributed by atoms with Crippen LogP contribution < -0.4 is 0 Å². The van der Waals surface area contributed by atoms with Crippen LogP contribution in [0.15, 0.2) is 42.5 Å². The lowest BCUT2D eigenvalue weighted by molar-refractivity contribution is 0.0537. The van der Waals surface area contributed by atoms with Gasteiger partial charge in [-0.15, -0.1) is 11.3 Å². The molecule has 1 fully saturated rings. The standard InChI is InChI=1S/C22H18ClF2N3O2S/c1-13-19(31-20(26-13)14-2-4-15(24)5-3-14)22(30)28-10-8-27(9-11-28)21(29)17-7-6-16(25)12-18(17)23/h2-7,12H,8-11H2,1H3. The Hall–Kier alpha value is -2.84. The zero-order chi connectivity index (χ0) is 22.1. The fourth-order valence-corrected chi connectivity index (χ4v) is 4.69. The molecule has 0 unspecified atom stereocenters. The van der Waals surface area contributed by atoms with Crippen molar-refractivity contribution in [3.8, 4) is 10.6 Å². The van der Waals surface area contributed by atoms with Gasteiger partial charge in [-0.25, -0.2) is 13.8 Å². The normalized spacial score (nSPS) is 14.1. The number of thiazole rings is 1. The third-order valence-electron chi connectivity index (χ3n) is 5.10. The Bertz CT molecular complexity index is 1140. The van der Waals surface area contributed by atoms with Gasteiger partial charge in [0.05, 0.1) is 16.3 Å². The van der Waals surface area contributed by atoms with E-state index >= 15 is 0 Å². The Morgan fingerprint density at radius 3 is 2.13 bits per heavy atom. The SMILES string of the molecule is Cc1nc(-c2ccc(F)cc2)sc1C(=O)N1CCN(C(=O)c2ccc(F)cc2Cl)CC1. The molecule has 0 N–H and O–H groups in total. The van der Waals surface area contributed by atoms with Crippen molar-refractivity contribution in [3.63, 3.8) is 0 Å². The van der Waals surface area contributed by atoms with E-state index < -0.39 is 5.82 Å². The van der Waals surface area contributed by atoms with Gasteiger partial charge in [0.25, 0.3) is 11.8 Å². The van der Waals surface area contributed by atoms with E-state index in [9.17, 15) is 18.4 Å². The first kappa shape index (κ1) is 21.4. The van der Waals surface area contributed by atoms with Crippen molar-refractivity contribution < 1.29 is 18.4 Å². The van der Waals surface area contributed by atoms with Crippen molar-refractivity contribution in [1.29, 1.82) is 0 Å². The first-order valence-electron chi connectivity index (χ1n) is 9.60. The average Bonchev–Trinajstić information content (AvgIpc) is 3.15. The summed E-state index contributed by atoms with van der Waals surface area (Å²) in [7, 11) is 0. The summed E-state index contributed by atoms with van der Waals surface area (Å²) in [6, 6.07) is 9.66. The zero-order valence-corrected chi connectivity index (χ0v) is 18.1. The number of nitrogens with zero attached hydrogens (tertiary/aromatic N) is 3. The monoisotopic (exact) mass is 461 g/mol. The molecule has 9 heteroatoms. The summed E-state index contributed by atoms with van der Waals surface area (Å²) in [6.45, 7) is 3.20. The van der Waals surface area contributed by atoms with Crippen LogP contribution in [0.3, 0.4) is 0 Å². The molecule has 1 aliphatic rings. The number of hydrogen-bond acceptors (Lipinski definition) is 4. The predicted octanol–water partition coefficient (Wildman–Crippen LogP) is 4.65. The minimum atomic E-state index is -0.503. The molecule has 0 radical (unpaired) electrons. The number of carbonyl (C=O) groups excluding carboxylic acids is 2. The molecule has 0 saturated carbocycles. The first-order valence-corrected chi connectivity index (χ1v) is 10.8. The Morgan fingerprint density at radius 2 is 1.52 bits per heavy atom. The molecule has 0 bridgehead atoms. The van der Waals surface area contributed by atoms with Crippen LogP contribution in [0.1, 0.15) is 25.7 Å². The second kappa shape index (κ2) is 8.72. The van der Waals surface area contributed by atoms with E-state index in [4.69, 9.17) is 11.6 Å². The van der Waals surface area contributed by atoms with Crippen molar-refractivity contribution in [3.05, 3.63) is 75.3 Å². The van der Waals surface area contributed by atoms with Gasteiger partial charge in [0.2, 0.25) is 0 Å². The highest BCUT2D eigenvalue weighted by atomic mass is 35.5. The Labute approximate surface area is 186 Å². The lowest BCUT2D eigenvalue weighted by Crippen LogP contribution is -2.50. The molecule has 1 aromatic heterocycles. The van der Waals surface area contributed by atoms with Crippen LogP contribution in [0.4, 0.5) is 8.78 Å². The van der Waals surface area contributed by atoms with Crippen molar-refractivity contribution in [1.82, 2.24) is 14.8 Å². The summed E-state index contributed by atoms with van der Waals surface area (Å²) in [6.07, 6.45) is 0. The second-order valence-corrected chi connectivity index (χ2v) is 8.56. The van der Waals surface area contributed by atoms with Crippen LogP contribution in [-0.2, 0) is 0 Å². The van der Waals surface area contributed by atoms with Gasteiger partial charge >= 0.3 is 0 Å². The second-order valence-electron chi connectivity index (χ2n) is 7.15. The molecule has 2 aromatic carbocycles. The summed E-state index contributed by atoms with van der Waals surface area (Å²) in [4.78, 5) is 34.0. The maximum Gasteiger partial charge on any atom is 0.265 e. The van der Waals surface area contributed by atoms with E-state index in [1.807, 2.05) is 0 Å². The summed E-state index contributed by atoms with van der Waals surface area (Å²) in [5.74, 6) is -1.26. The van der Waals surface area contributed by atoms with Crippen LogP contribution in [0.5, 0.6) is 0 Å². The third-order valence-corrected chi connectivity index (χ3v) is 6.60. The molecule has 1 aliphatic heterocycles. The van der Waals surface area contributed by atoms with Crippen molar-refractivity contribution in [2.75, 3.05) is 26.2 Å². The molecule has 5 nitrogen and oxygen atoms in total. The molecular weight excluding hydrogens is 444 g/mol. The van der Waals surface area contributed by atoms with Crippen molar-refractivity contribution in [2.45, 2.75) is 6.92 Å². The molecule has 0 spiro atoms. The van der Waals surface area contributed by atoms with Gasteiger partial charge < -0.3 is 9.80 Å². The fraction of sp³-hybridized carbons (Fsp3) is 0.227. The Balaban J connectivity index is 1.44. The highest BCUT2D eigenvalue weighted by Gasteiger charge is 2.28. The summed E-state index contributed by atoms with van der Waals surface area (Å²) < 4.78 is 26.4. The fourth-order valence-electron chi connectivity index (χ4n) is 3.40.